The maximum absolute atomic E-state index is 12.7. The minimum Gasteiger partial charge on any atom is -0.465 e. The first-order chi connectivity index (χ1) is 10.7. The van der Waals surface area contributed by atoms with Gasteiger partial charge in [0.05, 0.1) is 6.61 Å². The number of aliphatic imine (C=N–C) groups is 1. The number of nitrogens with zero attached hydrogens (tertiary/aromatic N) is 1. The highest BCUT2D eigenvalue weighted by atomic mass is 16.5. The monoisotopic (exact) mass is 317 g/mol. The van der Waals surface area contributed by atoms with E-state index in [1.807, 2.05) is 13.8 Å². The molecule has 1 heterocycles. The van der Waals surface area contributed by atoms with Crippen LogP contribution in [-0.2, 0) is 15.3 Å². The van der Waals surface area contributed by atoms with Crippen LogP contribution in [0.3, 0.4) is 0 Å². The fourth-order valence-corrected chi connectivity index (χ4v) is 3.33. The summed E-state index contributed by atoms with van der Waals surface area (Å²) < 4.78 is 5.18. The number of benzene rings is 1. The lowest BCUT2D eigenvalue weighted by Crippen LogP contribution is -2.56. The first kappa shape index (κ1) is 15.8. The predicted molar refractivity (Wildman–Crippen MR) is 82.0 cm³/mol. The van der Waals surface area contributed by atoms with Crippen molar-refractivity contribution < 1.29 is 24.5 Å². The molecule has 23 heavy (non-hydrogen) atoms. The zero-order valence-corrected chi connectivity index (χ0v) is 13.2. The second kappa shape index (κ2) is 4.97. The molecule has 1 aromatic carbocycles. The van der Waals surface area contributed by atoms with E-state index in [1.165, 1.54) is 19.1 Å². The molecule has 0 aromatic heterocycles. The number of ketones is 1. The van der Waals surface area contributed by atoms with Gasteiger partial charge >= 0.3 is 5.97 Å². The first-order valence-corrected chi connectivity index (χ1v) is 7.55. The van der Waals surface area contributed by atoms with Gasteiger partial charge in [0.15, 0.2) is 5.60 Å². The van der Waals surface area contributed by atoms with Gasteiger partial charge in [-0.25, -0.2) is 0 Å². The summed E-state index contributed by atoms with van der Waals surface area (Å²) in [5.74, 6) is -2.66. The van der Waals surface area contributed by atoms with Crippen LogP contribution in [-0.4, -0.2) is 39.9 Å². The minimum absolute atomic E-state index is 0.114. The molecule has 0 radical (unpaired) electrons. The van der Waals surface area contributed by atoms with Gasteiger partial charge in [0, 0.05) is 16.8 Å². The van der Waals surface area contributed by atoms with E-state index in [9.17, 15) is 19.8 Å². The van der Waals surface area contributed by atoms with Crippen LogP contribution in [0.2, 0.25) is 0 Å². The van der Waals surface area contributed by atoms with E-state index in [1.54, 1.807) is 12.1 Å². The number of rotatable bonds is 3. The van der Waals surface area contributed by atoms with Crippen molar-refractivity contribution in [2.24, 2.45) is 16.8 Å². The van der Waals surface area contributed by atoms with Crippen LogP contribution < -0.4 is 0 Å². The first-order valence-electron chi connectivity index (χ1n) is 7.55. The number of aliphatic hydroxyl groups is 2. The molecular weight excluding hydrogens is 298 g/mol. The topological polar surface area (TPSA) is 96.2 Å². The number of ether oxygens (including phenoxy) is 1. The van der Waals surface area contributed by atoms with Crippen molar-refractivity contribution in [3.63, 3.8) is 0 Å². The molecular formula is C17H19NO5. The second-order valence-corrected chi connectivity index (χ2v) is 6.52. The molecule has 0 amide bonds. The summed E-state index contributed by atoms with van der Waals surface area (Å²) in [6.07, 6.45) is 0. The zero-order valence-electron chi connectivity index (χ0n) is 13.2. The van der Waals surface area contributed by atoms with E-state index in [4.69, 9.17) is 4.74 Å². The van der Waals surface area contributed by atoms with E-state index in [-0.39, 0.29) is 29.4 Å². The van der Waals surface area contributed by atoms with Crippen LogP contribution in [0.25, 0.3) is 0 Å². The van der Waals surface area contributed by atoms with E-state index >= 15 is 0 Å². The van der Waals surface area contributed by atoms with Crippen LogP contribution in [0.5, 0.6) is 0 Å². The molecule has 2 N–H and O–H groups in total. The van der Waals surface area contributed by atoms with Gasteiger partial charge in [-0.15, -0.1) is 0 Å². The maximum atomic E-state index is 12.7. The molecule has 122 valence electrons. The molecule has 2 aliphatic rings. The largest absolute Gasteiger partial charge is 0.465 e. The summed E-state index contributed by atoms with van der Waals surface area (Å²) in [4.78, 5) is 29.2. The van der Waals surface area contributed by atoms with Gasteiger partial charge < -0.3 is 14.9 Å². The maximum Gasteiger partial charge on any atom is 0.318 e. The van der Waals surface area contributed by atoms with Gasteiger partial charge in [-0.2, -0.15) is 0 Å². The molecule has 0 bridgehead atoms. The predicted octanol–water partition coefficient (Wildman–Crippen LogP) is 1.05. The Hall–Kier alpha value is -2.05. The molecule has 0 spiro atoms. The highest BCUT2D eigenvalue weighted by Gasteiger charge is 2.72. The smallest absolute Gasteiger partial charge is 0.318 e. The van der Waals surface area contributed by atoms with Gasteiger partial charge in [-0.1, -0.05) is 38.1 Å². The number of hydrogen-bond donors (Lipinski definition) is 2. The van der Waals surface area contributed by atoms with Crippen LogP contribution >= 0.6 is 0 Å². The lowest BCUT2D eigenvalue weighted by Gasteiger charge is -2.32. The van der Waals surface area contributed by atoms with E-state index in [0.717, 1.165) is 0 Å². The molecule has 0 saturated carbocycles. The third-order valence-electron chi connectivity index (χ3n) is 4.39. The second-order valence-electron chi connectivity index (χ2n) is 6.52. The van der Waals surface area contributed by atoms with Gasteiger partial charge in [-0.3, -0.25) is 14.6 Å². The highest BCUT2D eigenvalue weighted by Crippen LogP contribution is 2.53. The molecule has 0 saturated heterocycles. The summed E-state index contributed by atoms with van der Waals surface area (Å²) >= 11 is 0. The quantitative estimate of drug-likeness (QED) is 0.812. The summed E-state index contributed by atoms with van der Waals surface area (Å²) in [5.41, 5.74) is -3.92. The molecule has 6 nitrogen and oxygen atoms in total. The van der Waals surface area contributed by atoms with Gasteiger partial charge in [0.2, 0.25) is 11.5 Å². The normalized spacial score (nSPS) is 31.8. The van der Waals surface area contributed by atoms with Gasteiger partial charge in [0.1, 0.15) is 5.92 Å². The Kier molecular flexibility index (Phi) is 3.42. The lowest BCUT2D eigenvalue weighted by atomic mass is 9.79. The van der Waals surface area contributed by atoms with Crippen LogP contribution in [0, 0.1) is 11.8 Å². The number of esters is 1. The fourth-order valence-electron chi connectivity index (χ4n) is 3.33. The zero-order chi connectivity index (χ0) is 17.0. The Labute approximate surface area is 133 Å². The van der Waals surface area contributed by atoms with Crippen molar-refractivity contribution in [2.45, 2.75) is 32.1 Å². The third-order valence-corrected chi connectivity index (χ3v) is 4.39. The van der Waals surface area contributed by atoms with Gasteiger partial charge in [-0.05, 0) is 12.8 Å². The number of carbonyl (C=O) groups is 2. The number of Topliss-reactive ketones (excluding diaryl/α,β-unsaturated/α-hetero) is 1. The van der Waals surface area contributed by atoms with Crippen molar-refractivity contribution >= 4 is 17.5 Å². The number of fused-ring (bicyclic) bond motifs is 3. The molecule has 3 atom stereocenters. The Morgan fingerprint density at radius 2 is 2.00 bits per heavy atom. The lowest BCUT2D eigenvalue weighted by molar-refractivity contribution is -0.165. The molecule has 0 fully saturated rings. The summed E-state index contributed by atoms with van der Waals surface area (Å²) in [6, 6.07) is 6.31. The Bertz CT molecular complexity index is 725. The average molecular weight is 317 g/mol. The summed E-state index contributed by atoms with van der Waals surface area (Å²) in [5, 5.41) is 21.9. The molecule has 1 aliphatic heterocycles. The van der Waals surface area contributed by atoms with Crippen molar-refractivity contribution in [1.82, 2.24) is 0 Å². The van der Waals surface area contributed by atoms with Gasteiger partial charge in [0.25, 0.3) is 0 Å². The highest BCUT2D eigenvalue weighted by molar-refractivity contribution is 6.18. The molecule has 3 rings (SSSR count). The van der Waals surface area contributed by atoms with E-state index in [0.29, 0.717) is 0 Å². The Morgan fingerprint density at radius 3 is 2.65 bits per heavy atom. The molecule has 1 aromatic rings. The average Bonchev–Trinajstić information content (AvgIpc) is 2.80. The van der Waals surface area contributed by atoms with Crippen molar-refractivity contribution in [2.75, 3.05) is 6.61 Å². The summed E-state index contributed by atoms with van der Waals surface area (Å²) in [7, 11) is 0. The Morgan fingerprint density at radius 1 is 1.35 bits per heavy atom. The number of carbonyl (C=O) groups excluding carboxylic acids is 2. The van der Waals surface area contributed by atoms with E-state index in [2.05, 4.69) is 4.99 Å². The van der Waals surface area contributed by atoms with Crippen LogP contribution in [0.4, 0.5) is 0 Å². The van der Waals surface area contributed by atoms with Crippen LogP contribution in [0.15, 0.2) is 29.3 Å². The van der Waals surface area contributed by atoms with E-state index < -0.39 is 29.0 Å². The van der Waals surface area contributed by atoms with Crippen molar-refractivity contribution in [3.05, 3.63) is 35.4 Å². The van der Waals surface area contributed by atoms with Crippen LogP contribution in [0.1, 0.15) is 36.7 Å². The SMILES string of the molecule is CC1=N[C@]2(O)c3ccccc3C(=O)[C@]2(O)C1C(=O)OCC(C)C. The summed E-state index contributed by atoms with van der Waals surface area (Å²) in [6.45, 7) is 5.43. The molecule has 6 heteroatoms. The molecule has 1 aliphatic carbocycles. The molecule has 1 unspecified atom stereocenters. The number of hydrogen-bond acceptors (Lipinski definition) is 6. The minimum atomic E-state index is -2.35. The third kappa shape index (κ3) is 1.91. The fraction of sp³-hybridized carbons (Fsp3) is 0.471. The standard InChI is InChI=1S/C17H19NO5/c1-9(2)8-23-15(20)13-10(3)18-17(22)12-7-5-4-6-11(12)14(19)16(13,17)21/h4-7,9,13,21-22H,8H2,1-3H3/t13?,16-,17+/m1/s1. The Balaban J connectivity index is 2.06. The van der Waals surface area contributed by atoms with Crippen molar-refractivity contribution in [1.29, 1.82) is 0 Å². The van der Waals surface area contributed by atoms with Crippen molar-refractivity contribution in [3.8, 4) is 0 Å².